The molecule has 0 aromatic rings. The summed E-state index contributed by atoms with van der Waals surface area (Å²) < 4.78 is 0. The van der Waals surface area contributed by atoms with Gasteiger partial charge in [0, 0.05) is 23.9 Å². The maximum atomic E-state index is 13.0. The van der Waals surface area contributed by atoms with Crippen LogP contribution in [-0.4, -0.2) is 23.4 Å². The summed E-state index contributed by atoms with van der Waals surface area (Å²) in [6, 6.07) is 0.366. The summed E-state index contributed by atoms with van der Waals surface area (Å²) >= 11 is 0. The lowest BCUT2D eigenvalue weighted by molar-refractivity contribution is -0.142. The lowest BCUT2D eigenvalue weighted by Gasteiger charge is -2.60. The van der Waals surface area contributed by atoms with Crippen LogP contribution < -0.4 is 10.6 Å². The molecule has 27 heavy (non-hydrogen) atoms. The molecule has 2 amide bonds. The number of piperidine rings is 1. The lowest BCUT2D eigenvalue weighted by Crippen LogP contribution is -2.61. The largest absolute Gasteiger partial charge is 0.353 e. The first-order chi connectivity index (χ1) is 12.5. The Bertz CT molecular complexity index is 639. The first kappa shape index (κ1) is 19.3. The van der Waals surface area contributed by atoms with Crippen LogP contribution in [0.5, 0.6) is 0 Å². The molecule has 4 nitrogen and oxygen atoms in total. The van der Waals surface area contributed by atoms with Crippen LogP contribution in [0.3, 0.4) is 0 Å². The van der Waals surface area contributed by atoms with Gasteiger partial charge >= 0.3 is 0 Å². The van der Waals surface area contributed by atoms with Crippen molar-refractivity contribution < 1.29 is 9.59 Å². The Hall–Kier alpha value is -1.06. The molecular formula is C23H38N2O2. The molecule has 0 radical (unpaired) electrons. The molecule has 1 heterocycles. The summed E-state index contributed by atoms with van der Waals surface area (Å²) in [4.78, 5) is 25.0. The summed E-state index contributed by atoms with van der Waals surface area (Å²) in [6.45, 7) is 11.1. The zero-order chi connectivity index (χ0) is 19.6. The Balaban J connectivity index is 1.55. The van der Waals surface area contributed by atoms with Crippen LogP contribution in [0.2, 0.25) is 0 Å². The van der Waals surface area contributed by atoms with Crippen molar-refractivity contribution in [1.82, 2.24) is 10.6 Å². The number of amides is 2. The molecule has 0 spiro atoms. The van der Waals surface area contributed by atoms with Gasteiger partial charge in [0.25, 0.3) is 0 Å². The molecule has 7 atom stereocenters. The molecule has 0 bridgehead atoms. The minimum absolute atomic E-state index is 0.150. The minimum Gasteiger partial charge on any atom is -0.353 e. The summed E-state index contributed by atoms with van der Waals surface area (Å²) in [5, 5.41) is 6.57. The molecule has 2 N–H and O–H groups in total. The average Bonchev–Trinajstić information content (AvgIpc) is 2.91. The molecule has 3 saturated carbocycles. The number of carbonyl (C=O) groups excluding carboxylic acids is 2. The smallest absolute Gasteiger partial charge is 0.224 e. The third-order valence-electron chi connectivity index (χ3n) is 8.91. The SMILES string of the molecule is CC(C)(C)NC(=O)[C@H]1CC[C@@H]2[C@@H]3CC[C@H]4NC(=O)CC[C@]4(C)[C@H]3CC[C@]12C. The van der Waals surface area contributed by atoms with Crippen LogP contribution in [0.15, 0.2) is 0 Å². The predicted octanol–water partition coefficient (Wildman–Crippen LogP) is 4.04. The summed E-state index contributed by atoms with van der Waals surface area (Å²) in [5.74, 6) is 2.79. The van der Waals surface area contributed by atoms with E-state index in [2.05, 4.69) is 45.3 Å². The van der Waals surface area contributed by atoms with Crippen molar-refractivity contribution in [2.75, 3.05) is 0 Å². The van der Waals surface area contributed by atoms with E-state index < -0.39 is 0 Å². The highest BCUT2D eigenvalue weighted by molar-refractivity contribution is 5.80. The van der Waals surface area contributed by atoms with Gasteiger partial charge in [-0.2, -0.15) is 0 Å². The van der Waals surface area contributed by atoms with Gasteiger partial charge in [0.2, 0.25) is 11.8 Å². The van der Waals surface area contributed by atoms with E-state index >= 15 is 0 Å². The Morgan fingerprint density at radius 3 is 2.41 bits per heavy atom. The fourth-order valence-electron chi connectivity index (χ4n) is 7.59. The van der Waals surface area contributed by atoms with Gasteiger partial charge in [0.05, 0.1) is 0 Å². The van der Waals surface area contributed by atoms with Crippen molar-refractivity contribution in [1.29, 1.82) is 0 Å². The number of nitrogens with one attached hydrogen (secondary N) is 2. The molecule has 0 unspecified atom stereocenters. The van der Waals surface area contributed by atoms with E-state index in [-0.39, 0.29) is 34.1 Å². The van der Waals surface area contributed by atoms with E-state index in [9.17, 15) is 9.59 Å². The highest BCUT2D eigenvalue weighted by atomic mass is 16.2. The molecular weight excluding hydrogens is 336 g/mol. The second kappa shape index (κ2) is 6.22. The molecule has 4 aliphatic rings. The summed E-state index contributed by atoms with van der Waals surface area (Å²) in [6.07, 6.45) is 8.71. The Morgan fingerprint density at radius 2 is 1.70 bits per heavy atom. The van der Waals surface area contributed by atoms with Gasteiger partial charge in [-0.1, -0.05) is 13.8 Å². The summed E-state index contributed by atoms with van der Waals surface area (Å²) in [5.41, 5.74) is 0.246. The standard InChI is InChI=1S/C23H38N2O2/c1-21(2,3)25-20(27)17-8-7-15-14-6-9-18-23(5,13-11-19(26)24-18)16(14)10-12-22(15,17)4/h14-18H,6-13H2,1-5H3,(H,24,26)(H,25,27)/t14-,15+,16-,17+,18+,22-,23+/m0/s1. The maximum Gasteiger partial charge on any atom is 0.224 e. The van der Waals surface area contributed by atoms with Crippen molar-refractivity contribution in [3.63, 3.8) is 0 Å². The van der Waals surface area contributed by atoms with Gasteiger partial charge in [0.15, 0.2) is 0 Å². The monoisotopic (exact) mass is 374 g/mol. The van der Waals surface area contributed by atoms with Gasteiger partial charge in [-0.15, -0.1) is 0 Å². The Labute approximate surface area is 164 Å². The molecule has 152 valence electrons. The van der Waals surface area contributed by atoms with Gasteiger partial charge in [-0.3, -0.25) is 9.59 Å². The lowest BCUT2D eigenvalue weighted by atomic mass is 9.47. The second-order valence-electron chi connectivity index (χ2n) is 11.5. The molecule has 4 rings (SSSR count). The molecule has 4 fully saturated rings. The molecule has 0 aromatic carbocycles. The fraction of sp³-hybridized carbons (Fsp3) is 0.913. The molecule has 3 aliphatic carbocycles. The Morgan fingerprint density at radius 1 is 1.00 bits per heavy atom. The maximum absolute atomic E-state index is 13.0. The van der Waals surface area contributed by atoms with Crippen LogP contribution in [0, 0.1) is 34.5 Å². The molecule has 4 heteroatoms. The van der Waals surface area contributed by atoms with Crippen molar-refractivity contribution in [2.45, 2.75) is 97.6 Å². The first-order valence-electron chi connectivity index (χ1n) is 11.2. The van der Waals surface area contributed by atoms with E-state index in [4.69, 9.17) is 0 Å². The number of hydrogen-bond donors (Lipinski definition) is 2. The normalized spacial score (nSPS) is 46.7. The fourth-order valence-corrected chi connectivity index (χ4v) is 7.59. The third-order valence-corrected chi connectivity index (χ3v) is 8.91. The zero-order valence-corrected chi connectivity index (χ0v) is 17.9. The van der Waals surface area contributed by atoms with Crippen LogP contribution >= 0.6 is 0 Å². The van der Waals surface area contributed by atoms with Crippen molar-refractivity contribution in [3.8, 4) is 0 Å². The number of hydrogen-bond acceptors (Lipinski definition) is 2. The highest BCUT2D eigenvalue weighted by Crippen LogP contribution is 2.65. The van der Waals surface area contributed by atoms with E-state index in [0.717, 1.165) is 31.6 Å². The number of fused-ring (bicyclic) bond motifs is 5. The number of carbonyl (C=O) groups is 2. The zero-order valence-electron chi connectivity index (χ0n) is 17.9. The van der Waals surface area contributed by atoms with E-state index in [0.29, 0.717) is 24.3 Å². The number of rotatable bonds is 1. The second-order valence-corrected chi connectivity index (χ2v) is 11.5. The Kier molecular flexibility index (Phi) is 4.44. The third kappa shape index (κ3) is 3.02. The molecule has 1 aliphatic heterocycles. The molecule has 0 aromatic heterocycles. The van der Waals surface area contributed by atoms with Crippen LogP contribution in [0.25, 0.3) is 0 Å². The topological polar surface area (TPSA) is 58.2 Å². The first-order valence-corrected chi connectivity index (χ1v) is 11.2. The van der Waals surface area contributed by atoms with E-state index in [1.807, 2.05) is 0 Å². The van der Waals surface area contributed by atoms with Crippen molar-refractivity contribution >= 4 is 11.8 Å². The van der Waals surface area contributed by atoms with E-state index in [1.54, 1.807) is 0 Å². The quantitative estimate of drug-likeness (QED) is 0.728. The van der Waals surface area contributed by atoms with Crippen molar-refractivity contribution in [2.24, 2.45) is 34.5 Å². The van der Waals surface area contributed by atoms with Gasteiger partial charge < -0.3 is 10.6 Å². The van der Waals surface area contributed by atoms with Crippen molar-refractivity contribution in [3.05, 3.63) is 0 Å². The average molecular weight is 375 g/mol. The van der Waals surface area contributed by atoms with Crippen LogP contribution in [0.4, 0.5) is 0 Å². The highest BCUT2D eigenvalue weighted by Gasteiger charge is 2.61. The van der Waals surface area contributed by atoms with Crippen LogP contribution in [-0.2, 0) is 9.59 Å². The molecule has 1 saturated heterocycles. The predicted molar refractivity (Wildman–Crippen MR) is 107 cm³/mol. The minimum atomic E-state index is -0.158. The van der Waals surface area contributed by atoms with Gasteiger partial charge in [-0.25, -0.2) is 0 Å². The van der Waals surface area contributed by atoms with E-state index in [1.165, 1.54) is 19.3 Å². The van der Waals surface area contributed by atoms with Gasteiger partial charge in [0.1, 0.15) is 0 Å². The van der Waals surface area contributed by atoms with Crippen LogP contribution in [0.1, 0.15) is 86.0 Å². The van der Waals surface area contributed by atoms with Gasteiger partial charge in [-0.05, 0) is 94.3 Å². The summed E-state index contributed by atoms with van der Waals surface area (Å²) in [7, 11) is 0.